The van der Waals surface area contributed by atoms with Crippen LogP contribution in [0.2, 0.25) is 0 Å². The first kappa shape index (κ1) is 21.3. The molecule has 0 radical (unpaired) electrons. The van der Waals surface area contributed by atoms with Gasteiger partial charge in [0, 0.05) is 50.8 Å². The van der Waals surface area contributed by atoms with Crippen LogP contribution in [0.4, 0.5) is 8.78 Å². The molecule has 1 saturated heterocycles. The molecule has 1 aliphatic rings. The van der Waals surface area contributed by atoms with Crippen LogP contribution in [0.15, 0.2) is 55.0 Å². The van der Waals surface area contributed by atoms with Gasteiger partial charge in [0.1, 0.15) is 11.6 Å². The molecule has 0 saturated carbocycles. The number of amides is 1. The number of ether oxygens (including phenoxy) is 1. The van der Waals surface area contributed by atoms with Crippen molar-refractivity contribution in [3.8, 4) is 11.1 Å². The lowest BCUT2D eigenvalue weighted by Gasteiger charge is -2.22. The number of carbonyl (C=O) groups is 1. The van der Waals surface area contributed by atoms with Crippen molar-refractivity contribution in [1.29, 1.82) is 0 Å². The predicted octanol–water partition coefficient (Wildman–Crippen LogP) is 4.28. The average molecular weight is 450 g/mol. The van der Waals surface area contributed by atoms with E-state index in [9.17, 15) is 13.6 Å². The summed E-state index contributed by atoms with van der Waals surface area (Å²) >= 11 is 0. The van der Waals surface area contributed by atoms with Crippen LogP contribution in [0, 0.1) is 11.6 Å². The van der Waals surface area contributed by atoms with E-state index in [-0.39, 0.29) is 22.5 Å². The Morgan fingerprint density at radius 1 is 1.06 bits per heavy atom. The zero-order chi connectivity index (χ0) is 22.9. The van der Waals surface area contributed by atoms with Crippen LogP contribution in [0.1, 0.15) is 28.8 Å². The highest BCUT2D eigenvalue weighted by molar-refractivity contribution is 6.07. The Kier molecular flexibility index (Phi) is 5.68. The number of nitrogens with zero attached hydrogens (tertiary/aromatic N) is 3. The summed E-state index contributed by atoms with van der Waals surface area (Å²) in [5.41, 5.74) is 3.14. The van der Waals surface area contributed by atoms with E-state index in [1.807, 2.05) is 37.5 Å². The minimum absolute atomic E-state index is 0.00606. The first-order valence-corrected chi connectivity index (χ1v) is 10.9. The number of hydrogen-bond donors (Lipinski definition) is 1. The normalized spacial score (nSPS) is 14.6. The van der Waals surface area contributed by atoms with Gasteiger partial charge in [0.2, 0.25) is 0 Å². The lowest BCUT2D eigenvalue weighted by atomic mass is 10.1. The molecule has 0 atom stereocenters. The Hall–Kier alpha value is -3.52. The van der Waals surface area contributed by atoms with Gasteiger partial charge in [-0.1, -0.05) is 24.3 Å². The maximum absolute atomic E-state index is 14.8. The van der Waals surface area contributed by atoms with Gasteiger partial charge in [-0.05, 0) is 36.1 Å². The fourth-order valence-electron chi connectivity index (χ4n) is 4.33. The lowest BCUT2D eigenvalue weighted by Crippen LogP contribution is -2.38. The molecule has 0 aliphatic carbocycles. The Morgan fingerprint density at radius 2 is 1.79 bits per heavy atom. The van der Waals surface area contributed by atoms with Crippen molar-refractivity contribution >= 4 is 16.8 Å². The van der Waals surface area contributed by atoms with E-state index < -0.39 is 17.5 Å². The minimum Gasteiger partial charge on any atom is -0.381 e. The van der Waals surface area contributed by atoms with E-state index >= 15 is 0 Å². The Balaban J connectivity index is 1.46. The molecule has 4 aromatic rings. The molecule has 170 valence electrons. The molecule has 6 nitrogen and oxygen atoms in total. The van der Waals surface area contributed by atoms with E-state index in [1.54, 1.807) is 21.6 Å². The lowest BCUT2D eigenvalue weighted by molar-refractivity contribution is 0.0697. The van der Waals surface area contributed by atoms with Crippen LogP contribution < -0.4 is 5.32 Å². The van der Waals surface area contributed by atoms with Crippen molar-refractivity contribution in [3.05, 3.63) is 77.8 Å². The summed E-state index contributed by atoms with van der Waals surface area (Å²) in [5.74, 6) is -1.58. The maximum atomic E-state index is 14.8. The van der Waals surface area contributed by atoms with E-state index in [0.717, 1.165) is 28.8 Å². The second kappa shape index (κ2) is 8.78. The summed E-state index contributed by atoms with van der Waals surface area (Å²) < 4.78 is 38.2. The summed E-state index contributed by atoms with van der Waals surface area (Å²) in [6, 6.07) is 9.93. The first-order valence-electron chi connectivity index (χ1n) is 10.9. The van der Waals surface area contributed by atoms with Crippen LogP contribution in [0.25, 0.3) is 22.0 Å². The number of nitrogens with one attached hydrogen (secondary N) is 1. The van der Waals surface area contributed by atoms with Crippen molar-refractivity contribution in [2.45, 2.75) is 25.4 Å². The fourth-order valence-corrected chi connectivity index (χ4v) is 4.33. The molecule has 1 fully saturated rings. The summed E-state index contributed by atoms with van der Waals surface area (Å²) in [4.78, 5) is 13.0. The molecule has 1 amide bonds. The number of fused-ring (bicyclic) bond motifs is 1. The van der Waals surface area contributed by atoms with Crippen LogP contribution in [-0.2, 0) is 18.3 Å². The van der Waals surface area contributed by atoms with E-state index in [1.165, 1.54) is 0 Å². The molecule has 8 heteroatoms. The molecule has 2 aromatic heterocycles. The molecule has 5 rings (SSSR count). The number of halogens is 2. The largest absolute Gasteiger partial charge is 0.381 e. The van der Waals surface area contributed by atoms with Gasteiger partial charge >= 0.3 is 0 Å². The van der Waals surface area contributed by atoms with Gasteiger partial charge in [-0.25, -0.2) is 8.78 Å². The van der Waals surface area contributed by atoms with Gasteiger partial charge in [-0.2, -0.15) is 5.10 Å². The zero-order valence-corrected chi connectivity index (χ0v) is 18.2. The third-order valence-corrected chi connectivity index (χ3v) is 6.07. The highest BCUT2D eigenvalue weighted by Gasteiger charge is 2.24. The second-order valence-corrected chi connectivity index (χ2v) is 8.38. The second-order valence-electron chi connectivity index (χ2n) is 8.38. The summed E-state index contributed by atoms with van der Waals surface area (Å²) in [7, 11) is 1.86. The molecule has 1 N–H and O–H groups in total. The maximum Gasteiger partial charge on any atom is 0.253 e. The molecule has 0 unspecified atom stereocenters. The van der Waals surface area contributed by atoms with Gasteiger partial charge < -0.3 is 14.6 Å². The summed E-state index contributed by atoms with van der Waals surface area (Å²) in [6.07, 6.45) is 6.65. The third-order valence-electron chi connectivity index (χ3n) is 6.07. The minimum atomic E-state index is -0.616. The molecular weight excluding hydrogens is 426 g/mol. The SMILES string of the molecule is Cn1cc(-c2ccc(Cn3cc(C(=O)NC4CCOCC4)c4c(F)ccc(F)c43)cc2)cn1. The number of aromatic nitrogens is 3. The highest BCUT2D eigenvalue weighted by atomic mass is 19.1. The third kappa shape index (κ3) is 4.26. The Morgan fingerprint density at radius 3 is 2.48 bits per heavy atom. The van der Waals surface area contributed by atoms with Crippen LogP contribution in [-0.4, -0.2) is 39.5 Å². The number of carbonyl (C=O) groups excluding carboxylic acids is 1. The number of aryl methyl sites for hydroxylation is 1. The van der Waals surface area contributed by atoms with Gasteiger partial charge in [0.05, 0.1) is 22.7 Å². The number of rotatable bonds is 5. The Labute approximate surface area is 189 Å². The number of benzene rings is 2. The van der Waals surface area contributed by atoms with Crippen LogP contribution in [0.3, 0.4) is 0 Å². The van der Waals surface area contributed by atoms with Crippen molar-refractivity contribution in [2.75, 3.05) is 13.2 Å². The van der Waals surface area contributed by atoms with Crippen LogP contribution >= 0.6 is 0 Å². The standard InChI is InChI=1S/C25H24F2N4O2/c1-30-14-18(12-28-30)17-4-2-16(3-5-17)13-31-15-20(23-21(26)6-7-22(27)24(23)31)25(32)29-19-8-10-33-11-9-19/h2-7,12,14-15,19H,8-11,13H2,1H3,(H,29,32). The van der Waals surface area contributed by atoms with Gasteiger partial charge in [-0.3, -0.25) is 9.48 Å². The number of hydrogen-bond acceptors (Lipinski definition) is 3. The van der Waals surface area contributed by atoms with Gasteiger partial charge in [-0.15, -0.1) is 0 Å². The van der Waals surface area contributed by atoms with E-state index in [2.05, 4.69) is 10.4 Å². The average Bonchev–Trinajstić information content (AvgIpc) is 3.42. The summed E-state index contributed by atoms with van der Waals surface area (Å²) in [5, 5.41) is 7.14. The molecule has 0 bridgehead atoms. The molecule has 3 heterocycles. The van der Waals surface area contributed by atoms with Crippen molar-refractivity contribution in [2.24, 2.45) is 7.05 Å². The van der Waals surface area contributed by atoms with Crippen LogP contribution in [0.5, 0.6) is 0 Å². The van der Waals surface area contributed by atoms with E-state index in [0.29, 0.717) is 32.6 Å². The summed E-state index contributed by atoms with van der Waals surface area (Å²) in [6.45, 7) is 1.45. The smallest absolute Gasteiger partial charge is 0.253 e. The Bertz CT molecular complexity index is 1300. The fraction of sp³-hybridized carbons (Fsp3) is 0.280. The van der Waals surface area contributed by atoms with Crippen molar-refractivity contribution in [3.63, 3.8) is 0 Å². The molecule has 2 aromatic carbocycles. The van der Waals surface area contributed by atoms with Crippen molar-refractivity contribution in [1.82, 2.24) is 19.7 Å². The molecule has 33 heavy (non-hydrogen) atoms. The van der Waals surface area contributed by atoms with Crippen molar-refractivity contribution < 1.29 is 18.3 Å². The van der Waals surface area contributed by atoms with E-state index in [4.69, 9.17) is 4.74 Å². The molecular formula is C25H24F2N4O2. The topological polar surface area (TPSA) is 61.1 Å². The monoisotopic (exact) mass is 450 g/mol. The first-order chi connectivity index (χ1) is 16.0. The molecule has 1 aliphatic heterocycles. The highest BCUT2D eigenvalue weighted by Crippen LogP contribution is 2.29. The predicted molar refractivity (Wildman–Crippen MR) is 121 cm³/mol. The van der Waals surface area contributed by atoms with Gasteiger partial charge in [0.25, 0.3) is 5.91 Å². The molecule has 0 spiro atoms. The van der Waals surface area contributed by atoms with Gasteiger partial charge in [0.15, 0.2) is 0 Å². The quantitative estimate of drug-likeness (QED) is 0.494. The zero-order valence-electron chi connectivity index (χ0n) is 18.2.